The van der Waals surface area contributed by atoms with Crippen LogP contribution in [-0.4, -0.2) is 60.0 Å². The molecule has 0 radical (unpaired) electrons. The van der Waals surface area contributed by atoms with Gasteiger partial charge >= 0.3 is 5.97 Å². The highest BCUT2D eigenvalue weighted by Crippen LogP contribution is 2.14. The summed E-state index contributed by atoms with van der Waals surface area (Å²) in [4.78, 5) is 35.3. The lowest BCUT2D eigenvalue weighted by Gasteiger charge is -2.35. The Morgan fingerprint density at radius 1 is 1.19 bits per heavy atom. The van der Waals surface area contributed by atoms with Gasteiger partial charge in [0.15, 0.2) is 0 Å². The van der Waals surface area contributed by atoms with Crippen molar-refractivity contribution in [1.82, 2.24) is 14.9 Å². The third kappa shape index (κ3) is 4.14. The molecule has 0 atom stereocenters. The molecular formula is C14H20N4O3. The third-order valence-electron chi connectivity index (χ3n) is 3.52. The van der Waals surface area contributed by atoms with Crippen LogP contribution in [0.15, 0.2) is 12.4 Å². The Bertz CT molecular complexity index is 513. The summed E-state index contributed by atoms with van der Waals surface area (Å²) in [6, 6.07) is 1.94. The van der Waals surface area contributed by atoms with Gasteiger partial charge in [-0.3, -0.25) is 9.59 Å². The summed E-state index contributed by atoms with van der Waals surface area (Å²) in [5.74, 6) is 0.543. The summed E-state index contributed by atoms with van der Waals surface area (Å²) in [5.41, 5.74) is 0.927. The minimum atomic E-state index is -0.349. The first-order valence-corrected chi connectivity index (χ1v) is 6.98. The van der Waals surface area contributed by atoms with E-state index in [0.29, 0.717) is 13.1 Å². The largest absolute Gasteiger partial charge is 0.469 e. The molecular weight excluding hydrogens is 272 g/mol. The molecule has 1 aliphatic heterocycles. The predicted molar refractivity (Wildman–Crippen MR) is 76.8 cm³/mol. The number of anilines is 1. The summed E-state index contributed by atoms with van der Waals surface area (Å²) in [6.07, 6.45) is 1.90. The van der Waals surface area contributed by atoms with Crippen LogP contribution in [0.3, 0.4) is 0 Å². The van der Waals surface area contributed by atoms with E-state index in [1.807, 2.05) is 13.0 Å². The predicted octanol–water partition coefficient (Wildman–Crippen LogP) is 0.387. The smallest absolute Gasteiger partial charge is 0.306 e. The molecule has 0 saturated carbocycles. The van der Waals surface area contributed by atoms with E-state index in [1.165, 1.54) is 7.11 Å². The number of carbonyl (C=O) groups is 2. The second-order valence-electron chi connectivity index (χ2n) is 4.96. The van der Waals surface area contributed by atoms with Crippen LogP contribution in [0.5, 0.6) is 0 Å². The number of hydrogen-bond acceptors (Lipinski definition) is 6. The number of piperazine rings is 1. The van der Waals surface area contributed by atoms with Crippen LogP contribution < -0.4 is 4.90 Å². The van der Waals surface area contributed by atoms with Crippen molar-refractivity contribution in [1.29, 1.82) is 0 Å². The van der Waals surface area contributed by atoms with Crippen molar-refractivity contribution < 1.29 is 14.3 Å². The van der Waals surface area contributed by atoms with Gasteiger partial charge in [0.25, 0.3) is 0 Å². The van der Waals surface area contributed by atoms with E-state index >= 15 is 0 Å². The SMILES string of the molecule is COC(=O)CCC(=O)N1CCN(c2cc(C)ncn2)CC1. The standard InChI is InChI=1S/C14H20N4O3/c1-11-9-12(16-10-15-11)17-5-7-18(8-6-17)13(19)3-4-14(20)21-2/h9-10H,3-8H2,1-2H3. The molecule has 21 heavy (non-hydrogen) atoms. The third-order valence-corrected chi connectivity index (χ3v) is 3.52. The van der Waals surface area contributed by atoms with E-state index < -0.39 is 0 Å². The summed E-state index contributed by atoms with van der Waals surface area (Å²) in [6.45, 7) is 4.69. The zero-order valence-corrected chi connectivity index (χ0v) is 12.4. The van der Waals surface area contributed by atoms with E-state index in [9.17, 15) is 9.59 Å². The molecule has 0 spiro atoms. The fourth-order valence-electron chi connectivity index (χ4n) is 2.27. The number of methoxy groups -OCH3 is 1. The van der Waals surface area contributed by atoms with Gasteiger partial charge in [-0.15, -0.1) is 0 Å². The average Bonchev–Trinajstić information content (AvgIpc) is 2.52. The Morgan fingerprint density at radius 3 is 2.52 bits per heavy atom. The maximum absolute atomic E-state index is 12.0. The minimum Gasteiger partial charge on any atom is -0.469 e. The topological polar surface area (TPSA) is 75.6 Å². The second-order valence-corrected chi connectivity index (χ2v) is 4.96. The lowest BCUT2D eigenvalue weighted by molar-refractivity contribution is -0.143. The zero-order chi connectivity index (χ0) is 15.2. The number of carbonyl (C=O) groups excluding carboxylic acids is 2. The summed E-state index contributed by atoms with van der Waals surface area (Å²) >= 11 is 0. The van der Waals surface area contributed by atoms with Crippen molar-refractivity contribution in [2.45, 2.75) is 19.8 Å². The number of aromatic nitrogens is 2. The van der Waals surface area contributed by atoms with Crippen LogP contribution in [-0.2, 0) is 14.3 Å². The Balaban J connectivity index is 1.83. The van der Waals surface area contributed by atoms with Gasteiger partial charge in [-0.25, -0.2) is 9.97 Å². The number of nitrogens with zero attached hydrogens (tertiary/aromatic N) is 4. The van der Waals surface area contributed by atoms with Gasteiger partial charge in [0.1, 0.15) is 12.1 Å². The molecule has 0 N–H and O–H groups in total. The van der Waals surface area contributed by atoms with Crippen molar-refractivity contribution in [3.63, 3.8) is 0 Å². The average molecular weight is 292 g/mol. The lowest BCUT2D eigenvalue weighted by Crippen LogP contribution is -2.49. The maximum atomic E-state index is 12.0. The molecule has 1 aromatic heterocycles. The quantitative estimate of drug-likeness (QED) is 0.747. The molecule has 1 aliphatic rings. The van der Waals surface area contributed by atoms with E-state index in [4.69, 9.17) is 0 Å². The molecule has 2 rings (SSSR count). The summed E-state index contributed by atoms with van der Waals surface area (Å²) in [5, 5.41) is 0. The molecule has 1 aromatic rings. The number of hydrogen-bond donors (Lipinski definition) is 0. The molecule has 7 nitrogen and oxygen atoms in total. The molecule has 1 amide bonds. The molecule has 7 heteroatoms. The van der Waals surface area contributed by atoms with Crippen molar-refractivity contribution in [3.05, 3.63) is 18.1 Å². The molecule has 2 heterocycles. The number of amides is 1. The van der Waals surface area contributed by atoms with E-state index in [2.05, 4.69) is 19.6 Å². The molecule has 0 bridgehead atoms. The van der Waals surface area contributed by atoms with Crippen LogP contribution in [0.4, 0.5) is 5.82 Å². The lowest BCUT2D eigenvalue weighted by atomic mass is 10.2. The molecule has 1 fully saturated rings. The van der Waals surface area contributed by atoms with Gasteiger partial charge in [-0.2, -0.15) is 0 Å². The van der Waals surface area contributed by atoms with Crippen molar-refractivity contribution in [2.24, 2.45) is 0 Å². The van der Waals surface area contributed by atoms with E-state index in [-0.39, 0.29) is 24.7 Å². The Kier molecular flexibility index (Phi) is 5.08. The number of ether oxygens (including phenoxy) is 1. The number of esters is 1. The molecule has 114 valence electrons. The normalized spacial score (nSPS) is 15.0. The molecule has 1 saturated heterocycles. The highest BCUT2D eigenvalue weighted by atomic mass is 16.5. The Hall–Kier alpha value is -2.18. The second kappa shape index (κ2) is 7.01. The molecule has 0 unspecified atom stereocenters. The van der Waals surface area contributed by atoms with E-state index in [1.54, 1.807) is 11.2 Å². The minimum absolute atomic E-state index is 0.00100. The summed E-state index contributed by atoms with van der Waals surface area (Å²) in [7, 11) is 1.33. The van der Waals surface area contributed by atoms with E-state index in [0.717, 1.165) is 24.6 Å². The van der Waals surface area contributed by atoms with Crippen LogP contribution in [0.25, 0.3) is 0 Å². The van der Waals surface area contributed by atoms with Gasteiger partial charge in [0.2, 0.25) is 5.91 Å². The number of aryl methyl sites for hydroxylation is 1. The first-order valence-electron chi connectivity index (χ1n) is 6.98. The fourth-order valence-corrected chi connectivity index (χ4v) is 2.27. The molecule has 0 aliphatic carbocycles. The monoisotopic (exact) mass is 292 g/mol. The van der Waals surface area contributed by atoms with Gasteiger partial charge in [-0.1, -0.05) is 0 Å². The van der Waals surface area contributed by atoms with Gasteiger partial charge in [-0.05, 0) is 6.92 Å². The van der Waals surface area contributed by atoms with Crippen LogP contribution in [0.1, 0.15) is 18.5 Å². The fraction of sp³-hybridized carbons (Fsp3) is 0.571. The maximum Gasteiger partial charge on any atom is 0.306 e. The van der Waals surface area contributed by atoms with Crippen molar-refractivity contribution in [3.8, 4) is 0 Å². The van der Waals surface area contributed by atoms with Gasteiger partial charge in [0.05, 0.1) is 13.5 Å². The first-order chi connectivity index (χ1) is 10.1. The molecule has 0 aromatic carbocycles. The summed E-state index contributed by atoms with van der Waals surface area (Å²) < 4.78 is 4.54. The van der Waals surface area contributed by atoms with Crippen LogP contribution in [0.2, 0.25) is 0 Å². The van der Waals surface area contributed by atoms with Crippen molar-refractivity contribution in [2.75, 3.05) is 38.2 Å². The van der Waals surface area contributed by atoms with Crippen LogP contribution in [0, 0.1) is 6.92 Å². The van der Waals surface area contributed by atoms with Gasteiger partial charge < -0.3 is 14.5 Å². The Morgan fingerprint density at radius 2 is 1.90 bits per heavy atom. The highest BCUT2D eigenvalue weighted by molar-refractivity contribution is 5.81. The number of rotatable bonds is 4. The first kappa shape index (κ1) is 15.2. The highest BCUT2D eigenvalue weighted by Gasteiger charge is 2.22. The van der Waals surface area contributed by atoms with Crippen LogP contribution >= 0.6 is 0 Å². The van der Waals surface area contributed by atoms with Crippen molar-refractivity contribution >= 4 is 17.7 Å². The Labute approximate surface area is 123 Å². The van der Waals surface area contributed by atoms with Gasteiger partial charge in [0, 0.05) is 44.4 Å². The zero-order valence-electron chi connectivity index (χ0n) is 12.4.